The molecule has 0 radical (unpaired) electrons. The Balaban J connectivity index is 3.23. The van der Waals surface area contributed by atoms with Gasteiger partial charge in [-0.05, 0) is 6.92 Å². The molecular weight excluding hydrogens is 166 g/mol. The zero-order valence-corrected chi connectivity index (χ0v) is 8.22. The minimum absolute atomic E-state index is 0.121. The van der Waals surface area contributed by atoms with E-state index in [-0.39, 0.29) is 11.0 Å². The summed E-state index contributed by atoms with van der Waals surface area (Å²) in [5, 5.41) is 0. The maximum Gasteiger partial charge on any atom is 0.251 e. The molecule has 4 heteroatoms. The molecule has 13 heavy (non-hydrogen) atoms. The number of aryl methyl sites for hydroxylation is 1. The molecule has 0 fully saturated rings. The summed E-state index contributed by atoms with van der Waals surface area (Å²) in [6.07, 6.45) is 0. The van der Waals surface area contributed by atoms with Gasteiger partial charge in [0.05, 0.1) is 5.69 Å². The molecule has 0 spiro atoms. The molecule has 0 saturated heterocycles. The van der Waals surface area contributed by atoms with Crippen molar-refractivity contribution in [2.45, 2.75) is 26.2 Å². The summed E-state index contributed by atoms with van der Waals surface area (Å²) in [6, 6.07) is 1.50. The van der Waals surface area contributed by atoms with E-state index in [9.17, 15) is 4.79 Å². The van der Waals surface area contributed by atoms with Crippen LogP contribution in [0.2, 0.25) is 0 Å². The topological polar surface area (TPSA) is 71.8 Å². The predicted molar refractivity (Wildman–Crippen MR) is 51.7 cm³/mol. The summed E-state index contributed by atoms with van der Waals surface area (Å²) in [5.74, 6) is 0.629. The molecule has 0 aliphatic rings. The zero-order chi connectivity index (χ0) is 10.1. The van der Waals surface area contributed by atoms with Gasteiger partial charge in [0, 0.05) is 18.0 Å². The van der Waals surface area contributed by atoms with Gasteiger partial charge in [0.1, 0.15) is 5.82 Å². The molecule has 0 saturated carbocycles. The normalized spacial score (nSPS) is 11.7. The third-order valence-corrected chi connectivity index (χ3v) is 2.06. The fourth-order valence-electron chi connectivity index (χ4n) is 1.03. The van der Waals surface area contributed by atoms with E-state index in [1.165, 1.54) is 6.07 Å². The fraction of sp³-hybridized carbons (Fsp3) is 0.556. The Morgan fingerprint density at radius 3 is 2.69 bits per heavy atom. The molecule has 0 unspecified atom stereocenters. The molecule has 0 aliphatic heterocycles. The highest BCUT2D eigenvalue weighted by Crippen LogP contribution is 2.17. The van der Waals surface area contributed by atoms with Crippen LogP contribution in [0.4, 0.5) is 0 Å². The van der Waals surface area contributed by atoms with Gasteiger partial charge in [-0.25, -0.2) is 4.98 Å². The third kappa shape index (κ3) is 2.15. The molecule has 1 heterocycles. The van der Waals surface area contributed by atoms with Gasteiger partial charge in [0.2, 0.25) is 0 Å². The Labute approximate surface area is 77.2 Å². The largest absolute Gasteiger partial charge is 0.330 e. The number of nitrogens with one attached hydrogen (secondary N) is 1. The number of hydrogen-bond acceptors (Lipinski definition) is 3. The van der Waals surface area contributed by atoms with Crippen LogP contribution in [-0.2, 0) is 5.41 Å². The lowest BCUT2D eigenvalue weighted by Gasteiger charge is -2.21. The van der Waals surface area contributed by atoms with Crippen molar-refractivity contribution in [3.63, 3.8) is 0 Å². The number of H-pyrrole nitrogens is 1. The van der Waals surface area contributed by atoms with Crippen molar-refractivity contribution in [1.82, 2.24) is 9.97 Å². The van der Waals surface area contributed by atoms with Crippen molar-refractivity contribution in [3.8, 4) is 0 Å². The highest BCUT2D eigenvalue weighted by Gasteiger charge is 2.20. The lowest BCUT2D eigenvalue weighted by Crippen LogP contribution is -2.31. The molecule has 0 aromatic carbocycles. The van der Waals surface area contributed by atoms with Crippen molar-refractivity contribution in [2.75, 3.05) is 6.54 Å². The highest BCUT2D eigenvalue weighted by molar-refractivity contribution is 5.13. The molecule has 0 atom stereocenters. The Morgan fingerprint density at radius 1 is 1.62 bits per heavy atom. The average Bonchev–Trinajstić information content (AvgIpc) is 2.02. The van der Waals surface area contributed by atoms with E-state index in [0.29, 0.717) is 12.4 Å². The molecule has 3 N–H and O–H groups in total. The Morgan fingerprint density at radius 2 is 2.23 bits per heavy atom. The minimum Gasteiger partial charge on any atom is -0.330 e. The van der Waals surface area contributed by atoms with E-state index >= 15 is 0 Å². The first kappa shape index (κ1) is 9.92. The molecule has 0 aliphatic carbocycles. The fourth-order valence-corrected chi connectivity index (χ4v) is 1.03. The zero-order valence-electron chi connectivity index (χ0n) is 8.22. The summed E-state index contributed by atoms with van der Waals surface area (Å²) in [6.45, 7) is 6.17. The van der Waals surface area contributed by atoms with Crippen molar-refractivity contribution in [2.24, 2.45) is 5.73 Å². The lowest BCUT2D eigenvalue weighted by atomic mass is 9.89. The van der Waals surface area contributed by atoms with Crippen LogP contribution < -0.4 is 11.3 Å². The first-order valence-corrected chi connectivity index (χ1v) is 4.24. The molecule has 4 nitrogen and oxygen atoms in total. The minimum atomic E-state index is -0.237. The van der Waals surface area contributed by atoms with Crippen LogP contribution in [0.15, 0.2) is 10.9 Å². The molecule has 72 valence electrons. The van der Waals surface area contributed by atoms with Crippen LogP contribution in [0.3, 0.4) is 0 Å². The van der Waals surface area contributed by atoms with Crippen LogP contribution in [0.5, 0.6) is 0 Å². The van der Waals surface area contributed by atoms with E-state index in [2.05, 4.69) is 9.97 Å². The molecule has 1 aromatic heterocycles. The van der Waals surface area contributed by atoms with Crippen LogP contribution in [0.25, 0.3) is 0 Å². The second-order valence-electron chi connectivity index (χ2n) is 3.80. The van der Waals surface area contributed by atoms with Crippen LogP contribution >= 0.6 is 0 Å². The van der Waals surface area contributed by atoms with E-state index in [4.69, 9.17) is 5.73 Å². The van der Waals surface area contributed by atoms with Crippen molar-refractivity contribution in [3.05, 3.63) is 27.9 Å². The van der Waals surface area contributed by atoms with Gasteiger partial charge in [-0.2, -0.15) is 0 Å². The average molecular weight is 181 g/mol. The van der Waals surface area contributed by atoms with E-state index in [0.717, 1.165) is 5.69 Å². The maximum atomic E-state index is 11.1. The molecule has 0 bridgehead atoms. The summed E-state index contributed by atoms with van der Waals surface area (Å²) < 4.78 is 0. The van der Waals surface area contributed by atoms with Gasteiger partial charge < -0.3 is 10.7 Å². The monoisotopic (exact) mass is 181 g/mol. The quantitative estimate of drug-likeness (QED) is 0.690. The maximum absolute atomic E-state index is 11.1. The third-order valence-electron chi connectivity index (χ3n) is 2.06. The number of aromatic nitrogens is 2. The highest BCUT2D eigenvalue weighted by atomic mass is 16.1. The number of aromatic amines is 1. The molecule has 0 amide bonds. The summed E-state index contributed by atoms with van der Waals surface area (Å²) in [7, 11) is 0. The Bertz CT molecular complexity index is 354. The predicted octanol–water partition coefficient (Wildman–Crippen LogP) is 0.315. The summed E-state index contributed by atoms with van der Waals surface area (Å²) in [4.78, 5) is 18.0. The van der Waals surface area contributed by atoms with Gasteiger partial charge in [-0.3, -0.25) is 4.79 Å². The van der Waals surface area contributed by atoms with Crippen molar-refractivity contribution in [1.29, 1.82) is 0 Å². The van der Waals surface area contributed by atoms with E-state index in [1.807, 2.05) is 13.8 Å². The second kappa shape index (κ2) is 3.30. The standard InChI is InChI=1S/C9H15N3O/c1-6-11-7(4-8(13)12-6)9(2,3)5-10/h4H,5,10H2,1-3H3,(H,11,12,13). The second-order valence-corrected chi connectivity index (χ2v) is 3.80. The van der Waals surface area contributed by atoms with Gasteiger partial charge in [-0.15, -0.1) is 0 Å². The van der Waals surface area contributed by atoms with Crippen molar-refractivity contribution >= 4 is 0 Å². The molecule has 1 aromatic rings. The van der Waals surface area contributed by atoms with Gasteiger partial charge in [-0.1, -0.05) is 13.8 Å². The van der Waals surface area contributed by atoms with Crippen LogP contribution in [0, 0.1) is 6.92 Å². The first-order chi connectivity index (χ1) is 5.95. The van der Waals surface area contributed by atoms with Crippen LogP contribution in [-0.4, -0.2) is 16.5 Å². The van der Waals surface area contributed by atoms with Crippen LogP contribution in [0.1, 0.15) is 25.4 Å². The lowest BCUT2D eigenvalue weighted by molar-refractivity contribution is 0.517. The molecular formula is C9H15N3O. The Hall–Kier alpha value is -1.16. The number of rotatable bonds is 2. The number of hydrogen-bond donors (Lipinski definition) is 2. The summed E-state index contributed by atoms with van der Waals surface area (Å²) >= 11 is 0. The van der Waals surface area contributed by atoms with Crippen molar-refractivity contribution < 1.29 is 0 Å². The van der Waals surface area contributed by atoms with Gasteiger partial charge in [0.25, 0.3) is 5.56 Å². The smallest absolute Gasteiger partial charge is 0.251 e. The Kier molecular flexibility index (Phi) is 2.52. The van der Waals surface area contributed by atoms with E-state index in [1.54, 1.807) is 6.92 Å². The summed E-state index contributed by atoms with van der Waals surface area (Å²) in [5.41, 5.74) is 5.97. The van der Waals surface area contributed by atoms with E-state index < -0.39 is 0 Å². The SMILES string of the molecule is Cc1nc(C(C)(C)CN)cc(=O)[nH]1. The number of nitrogens with two attached hydrogens (primary N) is 1. The van der Waals surface area contributed by atoms with Gasteiger partial charge >= 0.3 is 0 Å². The molecule has 1 rings (SSSR count). The first-order valence-electron chi connectivity index (χ1n) is 4.24. The number of nitrogens with zero attached hydrogens (tertiary/aromatic N) is 1. The van der Waals surface area contributed by atoms with Gasteiger partial charge in [0.15, 0.2) is 0 Å².